The van der Waals surface area contributed by atoms with Gasteiger partial charge in [-0.15, -0.1) is 24.0 Å². The van der Waals surface area contributed by atoms with Gasteiger partial charge in [-0.05, 0) is 18.2 Å². The number of carboxylic acids is 1. The van der Waals surface area contributed by atoms with Gasteiger partial charge in [-0.25, -0.2) is 4.79 Å². The summed E-state index contributed by atoms with van der Waals surface area (Å²) in [5.41, 5.74) is 6.31. The minimum atomic E-state index is -0.932. The molecule has 0 aliphatic rings. The number of fused-ring (bicyclic) bond motifs is 1. The molecule has 0 bridgehead atoms. The Bertz CT molecular complexity index is 480. The zero-order chi connectivity index (χ0) is 10.3. The van der Waals surface area contributed by atoms with Crippen LogP contribution < -0.4 is 5.73 Å². The maximum Gasteiger partial charge on any atom is 0.345 e. The topological polar surface area (TPSA) is 63.3 Å². The van der Waals surface area contributed by atoms with E-state index in [-0.39, 0.29) is 4.88 Å². The summed E-state index contributed by atoms with van der Waals surface area (Å²) in [7, 11) is 0. The number of anilines is 1. The molecule has 72 valence electrons. The summed E-state index contributed by atoms with van der Waals surface area (Å²) in [6.45, 7) is 0. The lowest BCUT2D eigenvalue weighted by molar-refractivity contribution is 0.0702. The molecule has 5 heteroatoms. The summed E-state index contributed by atoms with van der Waals surface area (Å²) in [6, 6.07) is 5.09. The zero-order valence-electron chi connectivity index (χ0n) is 7.02. The summed E-state index contributed by atoms with van der Waals surface area (Å²) in [4.78, 5) is 11.8. The number of hydrogen-bond donors (Lipinski definition) is 3. The molecule has 2 rings (SSSR count). The molecule has 1 aromatic heterocycles. The zero-order valence-corrected chi connectivity index (χ0v) is 8.73. The van der Waals surface area contributed by atoms with E-state index in [2.05, 4.69) is 12.6 Å². The van der Waals surface area contributed by atoms with E-state index in [0.29, 0.717) is 5.69 Å². The molecule has 0 amide bonds. The minimum Gasteiger partial charge on any atom is -0.477 e. The van der Waals surface area contributed by atoms with E-state index in [1.165, 1.54) is 11.3 Å². The van der Waals surface area contributed by atoms with E-state index in [9.17, 15) is 4.79 Å². The second-order valence-corrected chi connectivity index (χ2v) is 4.37. The van der Waals surface area contributed by atoms with Crippen molar-refractivity contribution in [3.8, 4) is 0 Å². The van der Waals surface area contributed by atoms with Gasteiger partial charge in [0.05, 0.1) is 4.70 Å². The molecule has 0 radical (unpaired) electrons. The average Bonchev–Trinajstić information content (AvgIpc) is 2.57. The van der Waals surface area contributed by atoms with E-state index < -0.39 is 5.97 Å². The molecule has 0 atom stereocenters. The van der Waals surface area contributed by atoms with Crippen molar-refractivity contribution in [1.82, 2.24) is 0 Å². The van der Waals surface area contributed by atoms with Gasteiger partial charge < -0.3 is 10.8 Å². The number of carboxylic acid groups (broad SMARTS) is 1. The molecule has 0 fully saturated rings. The van der Waals surface area contributed by atoms with Gasteiger partial charge in [0.15, 0.2) is 0 Å². The molecule has 0 unspecified atom stereocenters. The molecule has 0 spiro atoms. The van der Waals surface area contributed by atoms with Crippen LogP contribution in [0.5, 0.6) is 0 Å². The number of thiophene rings is 1. The number of aromatic carboxylic acids is 1. The van der Waals surface area contributed by atoms with Crippen molar-refractivity contribution in [2.45, 2.75) is 4.90 Å². The van der Waals surface area contributed by atoms with Crippen LogP contribution in [0.1, 0.15) is 9.67 Å². The van der Waals surface area contributed by atoms with Crippen molar-refractivity contribution in [1.29, 1.82) is 0 Å². The van der Waals surface area contributed by atoms with Crippen LogP contribution in [0.2, 0.25) is 0 Å². The predicted octanol–water partition coefficient (Wildman–Crippen LogP) is 2.47. The van der Waals surface area contributed by atoms with Crippen LogP contribution in [-0.2, 0) is 0 Å². The van der Waals surface area contributed by atoms with Gasteiger partial charge >= 0.3 is 5.97 Å². The fraction of sp³-hybridized carbons (Fsp3) is 0. The maximum atomic E-state index is 10.7. The van der Waals surface area contributed by atoms with E-state index in [1.54, 1.807) is 18.2 Å². The van der Waals surface area contributed by atoms with E-state index in [1.807, 2.05) is 0 Å². The number of benzene rings is 1. The van der Waals surface area contributed by atoms with Gasteiger partial charge in [0.2, 0.25) is 0 Å². The number of hydrogen-bond acceptors (Lipinski definition) is 4. The molecule has 2 aromatic rings. The Morgan fingerprint density at radius 3 is 2.79 bits per heavy atom. The minimum absolute atomic E-state index is 0.285. The Kier molecular flexibility index (Phi) is 2.13. The van der Waals surface area contributed by atoms with Crippen molar-refractivity contribution in [2.24, 2.45) is 0 Å². The third-order valence-corrected chi connectivity index (χ3v) is 3.46. The van der Waals surface area contributed by atoms with Crippen molar-refractivity contribution >= 4 is 45.7 Å². The molecular weight excluding hydrogens is 218 g/mol. The Balaban J connectivity index is 2.82. The highest BCUT2D eigenvalue weighted by Crippen LogP contribution is 2.34. The summed E-state index contributed by atoms with van der Waals surface area (Å²) in [5.74, 6) is -0.932. The molecule has 1 heterocycles. The SMILES string of the molecule is Nc1ccc(S)c2cc(C(=O)O)sc12. The monoisotopic (exact) mass is 225 g/mol. The number of carbonyl (C=O) groups is 1. The maximum absolute atomic E-state index is 10.7. The third-order valence-electron chi connectivity index (χ3n) is 1.90. The summed E-state index contributed by atoms with van der Waals surface area (Å²) < 4.78 is 0.787. The van der Waals surface area contributed by atoms with Crippen molar-refractivity contribution < 1.29 is 9.90 Å². The normalized spacial score (nSPS) is 10.6. The van der Waals surface area contributed by atoms with E-state index in [4.69, 9.17) is 10.8 Å². The standard InChI is InChI=1S/C9H7NO2S2/c10-5-1-2-6(13)4-3-7(9(11)12)14-8(4)5/h1-3,13H,10H2,(H,11,12). The first-order valence-electron chi connectivity index (χ1n) is 3.84. The number of thiol groups is 1. The second kappa shape index (κ2) is 3.18. The molecule has 1 aromatic carbocycles. The van der Waals surface area contributed by atoms with Gasteiger partial charge in [0.1, 0.15) is 4.88 Å². The lowest BCUT2D eigenvalue weighted by atomic mass is 10.2. The van der Waals surface area contributed by atoms with Crippen LogP contribution in [0.25, 0.3) is 10.1 Å². The van der Waals surface area contributed by atoms with Gasteiger partial charge in [-0.2, -0.15) is 0 Å². The molecule has 0 aliphatic carbocycles. The van der Waals surface area contributed by atoms with Gasteiger partial charge in [-0.3, -0.25) is 0 Å². The molecule has 0 saturated carbocycles. The molecule has 0 saturated heterocycles. The van der Waals surface area contributed by atoms with Crippen LogP contribution in [-0.4, -0.2) is 11.1 Å². The lowest BCUT2D eigenvalue weighted by Crippen LogP contribution is -1.89. The quantitative estimate of drug-likeness (QED) is 0.516. The fourth-order valence-electron chi connectivity index (χ4n) is 1.24. The molecular formula is C9H7NO2S2. The Hall–Kier alpha value is -1.20. The Morgan fingerprint density at radius 1 is 1.50 bits per heavy atom. The Labute approximate surface area is 89.6 Å². The average molecular weight is 225 g/mol. The van der Waals surface area contributed by atoms with Gasteiger partial charge in [0, 0.05) is 16.0 Å². The number of nitrogen functional groups attached to an aromatic ring is 1. The van der Waals surface area contributed by atoms with Crippen LogP contribution in [0, 0.1) is 0 Å². The summed E-state index contributed by atoms with van der Waals surface area (Å²) >= 11 is 5.41. The van der Waals surface area contributed by atoms with Crippen LogP contribution in [0.4, 0.5) is 5.69 Å². The predicted molar refractivity (Wildman–Crippen MR) is 60.4 cm³/mol. The number of rotatable bonds is 1. The van der Waals surface area contributed by atoms with Gasteiger partial charge in [-0.1, -0.05) is 0 Å². The molecule has 3 nitrogen and oxygen atoms in total. The number of nitrogens with two attached hydrogens (primary N) is 1. The van der Waals surface area contributed by atoms with Crippen LogP contribution >= 0.6 is 24.0 Å². The second-order valence-electron chi connectivity index (χ2n) is 2.83. The first-order chi connectivity index (χ1) is 6.59. The lowest BCUT2D eigenvalue weighted by Gasteiger charge is -1.97. The van der Waals surface area contributed by atoms with Crippen molar-refractivity contribution in [3.05, 3.63) is 23.1 Å². The van der Waals surface area contributed by atoms with Crippen molar-refractivity contribution in [2.75, 3.05) is 5.73 Å². The highest BCUT2D eigenvalue weighted by molar-refractivity contribution is 7.80. The molecule has 3 N–H and O–H groups in total. The summed E-state index contributed by atoms with van der Waals surface area (Å²) in [5, 5.41) is 9.61. The third kappa shape index (κ3) is 1.34. The fourth-order valence-corrected chi connectivity index (χ4v) is 2.51. The molecule has 0 aliphatic heterocycles. The van der Waals surface area contributed by atoms with E-state index in [0.717, 1.165) is 15.0 Å². The smallest absolute Gasteiger partial charge is 0.345 e. The first-order valence-corrected chi connectivity index (χ1v) is 5.10. The highest BCUT2D eigenvalue weighted by Gasteiger charge is 2.11. The van der Waals surface area contributed by atoms with Crippen LogP contribution in [0.3, 0.4) is 0 Å². The highest BCUT2D eigenvalue weighted by atomic mass is 32.1. The summed E-state index contributed by atoms with van der Waals surface area (Å²) in [6.07, 6.45) is 0. The Morgan fingerprint density at radius 2 is 2.21 bits per heavy atom. The van der Waals surface area contributed by atoms with E-state index >= 15 is 0 Å². The van der Waals surface area contributed by atoms with Crippen molar-refractivity contribution in [3.63, 3.8) is 0 Å². The first kappa shape index (κ1) is 9.36. The van der Waals surface area contributed by atoms with Gasteiger partial charge in [0.25, 0.3) is 0 Å². The largest absolute Gasteiger partial charge is 0.477 e. The molecule has 14 heavy (non-hydrogen) atoms. The van der Waals surface area contributed by atoms with Crippen LogP contribution in [0.15, 0.2) is 23.1 Å².